The lowest BCUT2D eigenvalue weighted by Crippen LogP contribution is -2.10. The van der Waals surface area contributed by atoms with Crippen LogP contribution in [0.2, 0.25) is 0 Å². The first-order valence-electron chi connectivity index (χ1n) is 13.3. The molecule has 0 N–H and O–H groups in total. The van der Waals surface area contributed by atoms with Gasteiger partial charge in [0.1, 0.15) is 0 Å². The molecule has 0 aromatic heterocycles. The van der Waals surface area contributed by atoms with Crippen molar-refractivity contribution in [2.24, 2.45) is 4.99 Å². The van der Waals surface area contributed by atoms with Gasteiger partial charge in [0.05, 0.1) is 12.3 Å². The Kier molecular flexibility index (Phi) is 7.60. The quantitative estimate of drug-likeness (QED) is 0.251. The molecule has 0 saturated carbocycles. The van der Waals surface area contributed by atoms with Crippen molar-refractivity contribution in [1.29, 1.82) is 0 Å². The SMILES string of the molecule is C=Cc1ccc(C/N=C2/C=CC(=C(c3ccc(N(C)C)cc3)c3ccc(N(C)C)cc3)c3ccccc32)cc1. The van der Waals surface area contributed by atoms with Gasteiger partial charge in [0, 0.05) is 45.1 Å². The molecule has 0 atom stereocenters. The van der Waals surface area contributed by atoms with Crippen molar-refractivity contribution in [2.45, 2.75) is 6.54 Å². The van der Waals surface area contributed by atoms with Gasteiger partial charge in [0.15, 0.2) is 0 Å². The van der Waals surface area contributed by atoms with Crippen LogP contribution in [-0.4, -0.2) is 33.9 Å². The molecule has 3 heteroatoms. The monoisotopic (exact) mass is 509 g/mol. The van der Waals surface area contributed by atoms with Crippen LogP contribution in [0.15, 0.2) is 121 Å². The maximum absolute atomic E-state index is 5.02. The third-order valence-electron chi connectivity index (χ3n) is 7.16. The third kappa shape index (κ3) is 5.63. The Balaban J connectivity index is 1.62. The van der Waals surface area contributed by atoms with Crippen LogP contribution in [0.3, 0.4) is 0 Å². The molecule has 0 bridgehead atoms. The second kappa shape index (κ2) is 11.4. The van der Waals surface area contributed by atoms with Crippen molar-refractivity contribution in [3.63, 3.8) is 0 Å². The predicted molar refractivity (Wildman–Crippen MR) is 170 cm³/mol. The minimum absolute atomic E-state index is 0.634. The summed E-state index contributed by atoms with van der Waals surface area (Å²) in [6.45, 7) is 4.48. The van der Waals surface area contributed by atoms with Gasteiger partial charge in [0.25, 0.3) is 0 Å². The number of allylic oxidation sites excluding steroid dienone is 3. The van der Waals surface area contributed by atoms with E-state index in [0.29, 0.717) is 6.54 Å². The van der Waals surface area contributed by atoms with E-state index in [9.17, 15) is 0 Å². The van der Waals surface area contributed by atoms with Crippen molar-refractivity contribution < 1.29 is 0 Å². The van der Waals surface area contributed by atoms with Crippen molar-refractivity contribution in [3.8, 4) is 0 Å². The number of hydrogen-bond acceptors (Lipinski definition) is 3. The highest BCUT2D eigenvalue weighted by atomic mass is 15.1. The molecular weight excluding hydrogens is 474 g/mol. The van der Waals surface area contributed by atoms with Crippen LogP contribution in [0.5, 0.6) is 0 Å². The molecule has 1 aliphatic carbocycles. The van der Waals surface area contributed by atoms with Gasteiger partial charge < -0.3 is 9.80 Å². The van der Waals surface area contributed by atoms with Gasteiger partial charge in [-0.05, 0) is 69.3 Å². The van der Waals surface area contributed by atoms with E-state index in [2.05, 4.69) is 154 Å². The van der Waals surface area contributed by atoms with Crippen LogP contribution in [0.4, 0.5) is 11.4 Å². The Morgan fingerprint density at radius 3 is 1.72 bits per heavy atom. The van der Waals surface area contributed by atoms with Crippen molar-refractivity contribution in [2.75, 3.05) is 38.0 Å². The minimum atomic E-state index is 0.634. The molecule has 0 spiro atoms. The van der Waals surface area contributed by atoms with E-state index in [-0.39, 0.29) is 0 Å². The molecule has 0 heterocycles. The van der Waals surface area contributed by atoms with Gasteiger partial charge in [-0.1, -0.05) is 91.5 Å². The first-order valence-corrected chi connectivity index (χ1v) is 13.3. The van der Waals surface area contributed by atoms with E-state index in [1.165, 1.54) is 44.8 Å². The summed E-state index contributed by atoms with van der Waals surface area (Å²) in [7, 11) is 8.29. The van der Waals surface area contributed by atoms with E-state index in [4.69, 9.17) is 4.99 Å². The highest BCUT2D eigenvalue weighted by molar-refractivity contribution is 6.19. The molecule has 0 saturated heterocycles. The van der Waals surface area contributed by atoms with Crippen molar-refractivity contribution in [1.82, 2.24) is 0 Å². The summed E-state index contributed by atoms with van der Waals surface area (Å²) in [6.07, 6.45) is 6.26. The Morgan fingerprint density at radius 1 is 0.667 bits per heavy atom. The molecule has 4 aromatic rings. The standard InChI is InChI=1S/C36H35N3/c1-6-26-11-13-27(14-12-26)25-37-35-24-23-34(32-9-7-8-10-33(32)35)36(28-15-19-30(20-16-28)38(2)3)29-17-21-31(22-18-29)39(4)5/h6-24H,1,25H2,2-5H3/b37-35-. The highest BCUT2D eigenvalue weighted by Gasteiger charge is 2.20. The lowest BCUT2D eigenvalue weighted by molar-refractivity contribution is 1.07. The summed E-state index contributed by atoms with van der Waals surface area (Å²) < 4.78 is 0. The van der Waals surface area contributed by atoms with Gasteiger partial charge in [-0.3, -0.25) is 4.99 Å². The van der Waals surface area contributed by atoms with E-state index in [0.717, 1.165) is 16.8 Å². The molecule has 4 aromatic carbocycles. The fraction of sp³-hybridized carbons (Fsp3) is 0.139. The Hall–Kier alpha value is -4.63. The number of anilines is 2. The van der Waals surface area contributed by atoms with E-state index in [1.807, 2.05) is 6.08 Å². The lowest BCUT2D eigenvalue weighted by Gasteiger charge is -2.22. The summed E-state index contributed by atoms with van der Waals surface area (Å²) in [5.74, 6) is 0. The Labute approximate surface area is 232 Å². The summed E-state index contributed by atoms with van der Waals surface area (Å²) in [5, 5.41) is 0. The Morgan fingerprint density at radius 2 is 1.21 bits per heavy atom. The van der Waals surface area contributed by atoms with Crippen LogP contribution in [0.1, 0.15) is 33.4 Å². The number of hydrogen-bond donors (Lipinski definition) is 0. The summed E-state index contributed by atoms with van der Waals surface area (Å²) in [6, 6.07) is 34.7. The highest BCUT2D eigenvalue weighted by Crippen LogP contribution is 2.38. The van der Waals surface area contributed by atoms with Gasteiger partial charge in [-0.25, -0.2) is 0 Å². The van der Waals surface area contributed by atoms with Gasteiger partial charge in [-0.2, -0.15) is 0 Å². The second-order valence-electron chi connectivity index (χ2n) is 10.2. The van der Waals surface area contributed by atoms with Gasteiger partial charge in [-0.15, -0.1) is 0 Å². The zero-order valence-corrected chi connectivity index (χ0v) is 23.2. The normalized spacial score (nSPS) is 13.2. The summed E-state index contributed by atoms with van der Waals surface area (Å²) >= 11 is 0. The largest absolute Gasteiger partial charge is 0.378 e. The third-order valence-corrected chi connectivity index (χ3v) is 7.16. The van der Waals surface area contributed by atoms with Crippen LogP contribution in [0, 0.1) is 0 Å². The molecule has 0 unspecified atom stereocenters. The van der Waals surface area contributed by atoms with E-state index in [1.54, 1.807) is 0 Å². The number of benzene rings is 4. The fourth-order valence-corrected chi connectivity index (χ4v) is 4.90. The van der Waals surface area contributed by atoms with Crippen LogP contribution in [0.25, 0.3) is 17.2 Å². The number of aliphatic imine (C=N–C) groups is 1. The molecule has 3 nitrogen and oxygen atoms in total. The maximum atomic E-state index is 5.02. The molecule has 5 rings (SSSR count). The maximum Gasteiger partial charge on any atom is 0.0657 e. The second-order valence-corrected chi connectivity index (χ2v) is 10.2. The van der Waals surface area contributed by atoms with Crippen molar-refractivity contribution >= 4 is 34.3 Å². The van der Waals surface area contributed by atoms with Gasteiger partial charge >= 0.3 is 0 Å². The number of nitrogens with zero attached hydrogens (tertiary/aromatic N) is 3. The summed E-state index contributed by atoms with van der Waals surface area (Å²) in [4.78, 5) is 9.28. The van der Waals surface area contributed by atoms with Crippen LogP contribution < -0.4 is 9.80 Å². The smallest absolute Gasteiger partial charge is 0.0657 e. The first kappa shape index (κ1) is 26.0. The average Bonchev–Trinajstić information content (AvgIpc) is 2.97. The molecule has 0 aliphatic heterocycles. The molecule has 39 heavy (non-hydrogen) atoms. The summed E-state index contributed by atoms with van der Waals surface area (Å²) in [5.41, 5.74) is 12.8. The molecule has 0 fully saturated rings. The molecule has 194 valence electrons. The molecule has 1 aliphatic rings. The number of rotatable bonds is 7. The van der Waals surface area contributed by atoms with E-state index >= 15 is 0 Å². The Bertz CT molecular complexity index is 1500. The first-order chi connectivity index (χ1) is 18.9. The average molecular weight is 510 g/mol. The van der Waals surface area contributed by atoms with Crippen LogP contribution >= 0.6 is 0 Å². The zero-order chi connectivity index (χ0) is 27.4. The zero-order valence-electron chi connectivity index (χ0n) is 23.2. The predicted octanol–water partition coefficient (Wildman–Crippen LogP) is 7.98. The van der Waals surface area contributed by atoms with Gasteiger partial charge in [0.2, 0.25) is 0 Å². The fourth-order valence-electron chi connectivity index (χ4n) is 4.90. The molecule has 0 amide bonds. The van der Waals surface area contributed by atoms with Crippen molar-refractivity contribution in [3.05, 3.63) is 149 Å². The molecular formula is C36H35N3. The van der Waals surface area contributed by atoms with Crippen LogP contribution in [-0.2, 0) is 6.54 Å². The number of fused-ring (bicyclic) bond motifs is 1. The topological polar surface area (TPSA) is 18.8 Å². The minimum Gasteiger partial charge on any atom is -0.378 e. The lowest BCUT2D eigenvalue weighted by atomic mass is 9.83. The van der Waals surface area contributed by atoms with E-state index < -0.39 is 0 Å². The molecule has 0 radical (unpaired) electrons.